The number of carbonyl (C=O) groups excluding carboxylic acids is 2. The molecule has 4 aromatic carbocycles. The summed E-state index contributed by atoms with van der Waals surface area (Å²) in [6.45, 7) is 3.26. The van der Waals surface area contributed by atoms with Gasteiger partial charge in [0, 0.05) is 5.02 Å². The molecule has 2 amide bonds. The summed E-state index contributed by atoms with van der Waals surface area (Å²) in [5, 5.41) is 7.25. The quantitative estimate of drug-likeness (QED) is 0.140. The predicted molar refractivity (Wildman–Crippen MR) is 174 cm³/mol. The van der Waals surface area contributed by atoms with Crippen LogP contribution in [0.2, 0.25) is 5.02 Å². The van der Waals surface area contributed by atoms with E-state index in [4.69, 9.17) is 21.1 Å². The number of hydrogen-bond donors (Lipinski definition) is 2. The molecule has 12 heteroatoms. The van der Waals surface area contributed by atoms with Gasteiger partial charge in [0.25, 0.3) is 21.8 Å². The van der Waals surface area contributed by atoms with Crippen molar-refractivity contribution in [3.05, 3.63) is 119 Å². The molecule has 4 aromatic rings. The summed E-state index contributed by atoms with van der Waals surface area (Å²) in [4.78, 5) is 25.2. The third-order valence-electron chi connectivity index (χ3n) is 6.45. The van der Waals surface area contributed by atoms with Gasteiger partial charge in [-0.2, -0.15) is 5.10 Å². The third-order valence-corrected chi connectivity index (χ3v) is 8.48. The lowest BCUT2D eigenvalue weighted by Gasteiger charge is -2.25. The first kappa shape index (κ1) is 33.0. The second-order valence-electron chi connectivity index (χ2n) is 9.72. The van der Waals surface area contributed by atoms with Crippen molar-refractivity contribution in [1.82, 2.24) is 10.7 Å². The highest BCUT2D eigenvalue weighted by molar-refractivity contribution is 7.92. The molecule has 0 unspecified atom stereocenters. The van der Waals surface area contributed by atoms with Gasteiger partial charge in [-0.05, 0) is 85.6 Å². The molecule has 2 N–H and O–H groups in total. The SMILES string of the molecule is CCOc1ccccc1N(CC(=O)N/N=C\c1ccc(OCC(=O)N[C@@H](C)c2ccccc2)cc1)S(=O)(=O)c1ccc(Cl)cc1. The van der Waals surface area contributed by atoms with Crippen molar-refractivity contribution in [2.45, 2.75) is 24.8 Å². The minimum absolute atomic E-state index is 0.0417. The van der Waals surface area contributed by atoms with Crippen LogP contribution in [0.4, 0.5) is 5.69 Å². The van der Waals surface area contributed by atoms with Crippen LogP contribution in [-0.4, -0.2) is 46.2 Å². The highest BCUT2D eigenvalue weighted by Crippen LogP contribution is 2.32. The fourth-order valence-electron chi connectivity index (χ4n) is 4.23. The lowest BCUT2D eigenvalue weighted by molar-refractivity contribution is -0.123. The van der Waals surface area contributed by atoms with Gasteiger partial charge < -0.3 is 14.8 Å². The number of carbonyl (C=O) groups is 2. The Morgan fingerprint density at radius 2 is 1.56 bits per heavy atom. The fourth-order valence-corrected chi connectivity index (χ4v) is 5.78. The van der Waals surface area contributed by atoms with E-state index in [0.29, 0.717) is 28.7 Å². The predicted octanol–water partition coefficient (Wildman–Crippen LogP) is 5.34. The van der Waals surface area contributed by atoms with E-state index in [0.717, 1.165) is 9.87 Å². The Bertz CT molecular complexity index is 1720. The van der Waals surface area contributed by atoms with Crippen LogP contribution >= 0.6 is 11.6 Å². The molecule has 0 fully saturated rings. The maximum Gasteiger partial charge on any atom is 0.264 e. The molecule has 4 rings (SSSR count). The molecule has 0 aliphatic heterocycles. The number of halogens is 1. The zero-order valence-corrected chi connectivity index (χ0v) is 26.3. The van der Waals surface area contributed by atoms with Gasteiger partial charge in [0.15, 0.2) is 6.61 Å². The molecule has 10 nitrogen and oxygen atoms in total. The lowest BCUT2D eigenvalue weighted by atomic mass is 10.1. The number of amides is 2. The number of nitrogens with one attached hydrogen (secondary N) is 2. The number of benzene rings is 4. The lowest BCUT2D eigenvalue weighted by Crippen LogP contribution is -2.39. The summed E-state index contributed by atoms with van der Waals surface area (Å²) in [5.41, 5.74) is 4.21. The van der Waals surface area contributed by atoms with Gasteiger partial charge in [0.2, 0.25) is 0 Å². The monoisotopic (exact) mass is 648 g/mol. The summed E-state index contributed by atoms with van der Waals surface area (Å²) in [7, 11) is -4.18. The van der Waals surface area contributed by atoms with Gasteiger partial charge in [0.1, 0.15) is 18.0 Å². The number of nitrogens with zero attached hydrogens (tertiary/aromatic N) is 2. The van der Waals surface area contributed by atoms with E-state index in [1.54, 1.807) is 55.5 Å². The normalized spacial score (nSPS) is 11.9. The van der Waals surface area contributed by atoms with E-state index in [2.05, 4.69) is 15.8 Å². The summed E-state index contributed by atoms with van der Waals surface area (Å²) >= 11 is 5.96. The Morgan fingerprint density at radius 1 is 0.889 bits per heavy atom. The van der Waals surface area contributed by atoms with Crippen LogP contribution in [0, 0.1) is 0 Å². The van der Waals surface area contributed by atoms with E-state index in [1.165, 1.54) is 30.5 Å². The van der Waals surface area contributed by atoms with Crippen LogP contribution < -0.4 is 24.5 Å². The molecular formula is C33H33ClN4O6S. The second kappa shape index (κ2) is 15.7. The number of anilines is 1. The summed E-state index contributed by atoms with van der Waals surface area (Å²) in [6.07, 6.45) is 1.40. The minimum atomic E-state index is -4.18. The standard InChI is InChI=1S/C33H33ClN4O6S/c1-3-43-31-12-8-7-11-30(31)38(45(41,42)29-19-15-27(34)16-20-29)22-32(39)37-35-21-25-13-17-28(18-14-25)44-23-33(40)36-24(2)26-9-5-4-6-10-26/h4-21,24H,3,22-23H2,1-2H3,(H,36,40)(H,37,39)/b35-21-/t24-/m0/s1. The molecule has 1 atom stereocenters. The smallest absolute Gasteiger partial charge is 0.264 e. The van der Waals surface area contributed by atoms with Crippen molar-refractivity contribution in [3.8, 4) is 11.5 Å². The van der Waals surface area contributed by atoms with Crippen LogP contribution in [0.3, 0.4) is 0 Å². The largest absolute Gasteiger partial charge is 0.492 e. The van der Waals surface area contributed by atoms with Gasteiger partial charge >= 0.3 is 0 Å². The Labute approximate surface area is 267 Å². The molecule has 0 aliphatic rings. The van der Waals surface area contributed by atoms with E-state index in [-0.39, 0.29) is 29.1 Å². The van der Waals surface area contributed by atoms with E-state index in [9.17, 15) is 18.0 Å². The zero-order chi connectivity index (χ0) is 32.2. The molecule has 0 saturated heterocycles. The van der Waals surface area contributed by atoms with Gasteiger partial charge in [-0.25, -0.2) is 13.8 Å². The molecule has 0 aliphatic carbocycles. The number of rotatable bonds is 14. The molecule has 0 spiro atoms. The van der Waals surface area contributed by atoms with Crippen LogP contribution in [-0.2, 0) is 19.6 Å². The second-order valence-corrected chi connectivity index (χ2v) is 12.0. The first-order valence-corrected chi connectivity index (χ1v) is 15.9. The topological polar surface area (TPSA) is 126 Å². The van der Waals surface area contributed by atoms with Gasteiger partial charge in [-0.3, -0.25) is 13.9 Å². The van der Waals surface area contributed by atoms with Crippen molar-refractivity contribution in [1.29, 1.82) is 0 Å². The number of sulfonamides is 1. The first-order chi connectivity index (χ1) is 21.7. The van der Waals surface area contributed by atoms with Crippen LogP contribution in [0.1, 0.15) is 31.0 Å². The van der Waals surface area contributed by atoms with Crippen LogP contribution in [0.15, 0.2) is 113 Å². The average Bonchev–Trinajstić information content (AvgIpc) is 3.04. The number of hydrogen-bond acceptors (Lipinski definition) is 7. The van der Waals surface area contributed by atoms with Crippen molar-refractivity contribution in [2.24, 2.45) is 5.10 Å². The minimum Gasteiger partial charge on any atom is -0.492 e. The highest BCUT2D eigenvalue weighted by Gasteiger charge is 2.29. The molecule has 234 valence electrons. The molecule has 0 aromatic heterocycles. The fraction of sp³-hybridized carbons (Fsp3) is 0.182. The van der Waals surface area contributed by atoms with Gasteiger partial charge in [-0.1, -0.05) is 54.1 Å². The maximum atomic E-state index is 13.6. The summed E-state index contributed by atoms with van der Waals surface area (Å²) in [6, 6.07) is 28.4. The Balaban J connectivity index is 1.37. The van der Waals surface area contributed by atoms with Gasteiger partial charge in [-0.15, -0.1) is 0 Å². The maximum absolute atomic E-state index is 13.6. The summed E-state index contributed by atoms with van der Waals surface area (Å²) in [5.74, 6) is -0.143. The molecule has 0 bridgehead atoms. The first-order valence-electron chi connectivity index (χ1n) is 14.1. The van der Waals surface area contributed by atoms with Crippen molar-refractivity contribution in [2.75, 3.05) is 24.1 Å². The van der Waals surface area contributed by atoms with Crippen molar-refractivity contribution < 1.29 is 27.5 Å². The van der Waals surface area contributed by atoms with Gasteiger partial charge in [0.05, 0.1) is 29.4 Å². The molecule has 0 heterocycles. The zero-order valence-electron chi connectivity index (χ0n) is 24.7. The molecule has 0 saturated carbocycles. The van der Waals surface area contributed by atoms with Crippen molar-refractivity contribution >= 4 is 45.3 Å². The van der Waals surface area contributed by atoms with Crippen LogP contribution in [0.25, 0.3) is 0 Å². The number of ether oxygens (including phenoxy) is 2. The third kappa shape index (κ3) is 9.31. The Hall–Kier alpha value is -4.87. The average molecular weight is 649 g/mol. The van der Waals surface area contributed by atoms with Crippen LogP contribution in [0.5, 0.6) is 11.5 Å². The van der Waals surface area contributed by atoms with Crippen molar-refractivity contribution in [3.63, 3.8) is 0 Å². The van der Waals surface area contributed by atoms with E-state index < -0.39 is 22.5 Å². The highest BCUT2D eigenvalue weighted by atomic mass is 35.5. The molecule has 45 heavy (non-hydrogen) atoms. The molecule has 0 radical (unpaired) electrons. The van der Waals surface area contributed by atoms with E-state index >= 15 is 0 Å². The van der Waals surface area contributed by atoms with E-state index in [1.807, 2.05) is 37.3 Å². The Morgan fingerprint density at radius 3 is 2.24 bits per heavy atom. The Kier molecular flexibility index (Phi) is 11.5. The number of para-hydroxylation sites is 2. The summed E-state index contributed by atoms with van der Waals surface area (Å²) < 4.78 is 39.5. The number of hydrazone groups is 1. The molecular weight excluding hydrogens is 616 g/mol.